The van der Waals surface area contributed by atoms with Crippen LogP contribution in [0.5, 0.6) is 0 Å². The van der Waals surface area contributed by atoms with Gasteiger partial charge in [0, 0.05) is 50.1 Å². The van der Waals surface area contributed by atoms with Crippen LogP contribution in [0.3, 0.4) is 0 Å². The standard InChI is InChI=1S/C23H33N5O/c1-4-27(5-2)14-11-24-22(29)19-9-12-28(13-10-19)23-25-16-21(17-26-23)20-8-6-7-18(3)15-20/h6-8,15-17,19H,4-5,9-14H2,1-3H3,(H,24,29). The number of aryl methyl sites for hydroxylation is 1. The largest absolute Gasteiger partial charge is 0.355 e. The Balaban J connectivity index is 1.48. The molecule has 1 amide bonds. The van der Waals surface area contributed by atoms with Gasteiger partial charge in [0.2, 0.25) is 11.9 Å². The summed E-state index contributed by atoms with van der Waals surface area (Å²) in [7, 11) is 0. The van der Waals surface area contributed by atoms with Crippen molar-refractivity contribution < 1.29 is 4.79 Å². The third-order valence-corrected chi connectivity index (χ3v) is 5.76. The van der Waals surface area contributed by atoms with Crippen molar-refractivity contribution in [2.75, 3.05) is 44.2 Å². The van der Waals surface area contributed by atoms with Gasteiger partial charge in [-0.3, -0.25) is 4.79 Å². The van der Waals surface area contributed by atoms with Crippen LogP contribution in [0.25, 0.3) is 11.1 Å². The predicted molar refractivity (Wildman–Crippen MR) is 118 cm³/mol. The fraction of sp³-hybridized carbons (Fsp3) is 0.522. The van der Waals surface area contributed by atoms with Crippen LogP contribution >= 0.6 is 0 Å². The zero-order valence-electron chi connectivity index (χ0n) is 17.9. The van der Waals surface area contributed by atoms with Crippen molar-refractivity contribution in [3.63, 3.8) is 0 Å². The first-order chi connectivity index (χ1) is 14.1. The SMILES string of the molecule is CCN(CC)CCNC(=O)C1CCN(c2ncc(-c3cccc(C)c3)cn2)CC1. The van der Waals surface area contributed by atoms with Gasteiger partial charge < -0.3 is 15.1 Å². The first-order valence-corrected chi connectivity index (χ1v) is 10.7. The molecule has 0 unspecified atom stereocenters. The molecule has 1 aromatic heterocycles. The van der Waals surface area contributed by atoms with Crippen LogP contribution in [-0.2, 0) is 4.79 Å². The molecule has 1 fully saturated rings. The van der Waals surface area contributed by atoms with Gasteiger partial charge in [-0.05, 0) is 38.4 Å². The Kier molecular flexibility index (Phi) is 7.58. The zero-order chi connectivity index (χ0) is 20.6. The van der Waals surface area contributed by atoms with E-state index in [4.69, 9.17) is 0 Å². The lowest BCUT2D eigenvalue weighted by Crippen LogP contribution is -2.43. The van der Waals surface area contributed by atoms with E-state index >= 15 is 0 Å². The highest BCUT2D eigenvalue weighted by atomic mass is 16.1. The van der Waals surface area contributed by atoms with Gasteiger partial charge in [0.25, 0.3) is 0 Å². The van der Waals surface area contributed by atoms with Crippen LogP contribution in [0.15, 0.2) is 36.7 Å². The molecule has 2 heterocycles. The molecule has 0 saturated carbocycles. The van der Waals surface area contributed by atoms with Gasteiger partial charge >= 0.3 is 0 Å². The van der Waals surface area contributed by atoms with Gasteiger partial charge in [-0.25, -0.2) is 9.97 Å². The number of anilines is 1. The predicted octanol–water partition coefficient (Wildman–Crippen LogP) is 3.13. The van der Waals surface area contributed by atoms with E-state index in [-0.39, 0.29) is 11.8 Å². The number of carbonyl (C=O) groups is 1. The molecule has 0 atom stereocenters. The molecule has 1 N–H and O–H groups in total. The number of likely N-dealkylation sites (N-methyl/N-ethyl adjacent to an activating group) is 1. The number of benzene rings is 1. The highest BCUT2D eigenvalue weighted by molar-refractivity contribution is 5.78. The van der Waals surface area contributed by atoms with Gasteiger partial charge in [-0.15, -0.1) is 0 Å². The Morgan fingerprint density at radius 2 is 1.83 bits per heavy atom. The topological polar surface area (TPSA) is 61.4 Å². The van der Waals surface area contributed by atoms with Crippen LogP contribution in [-0.4, -0.2) is 60.0 Å². The van der Waals surface area contributed by atoms with Crippen molar-refractivity contribution in [1.29, 1.82) is 0 Å². The van der Waals surface area contributed by atoms with Crippen molar-refractivity contribution in [3.05, 3.63) is 42.2 Å². The molecule has 0 spiro atoms. The Morgan fingerprint density at radius 1 is 1.14 bits per heavy atom. The number of nitrogens with one attached hydrogen (secondary N) is 1. The first-order valence-electron chi connectivity index (χ1n) is 10.7. The summed E-state index contributed by atoms with van der Waals surface area (Å²) in [5.74, 6) is 1.03. The average molecular weight is 396 g/mol. The maximum atomic E-state index is 12.4. The first kappa shape index (κ1) is 21.2. The molecule has 29 heavy (non-hydrogen) atoms. The molecule has 6 nitrogen and oxygen atoms in total. The monoisotopic (exact) mass is 395 g/mol. The van der Waals surface area contributed by atoms with Crippen molar-refractivity contribution >= 4 is 11.9 Å². The highest BCUT2D eigenvalue weighted by Gasteiger charge is 2.26. The fourth-order valence-electron chi connectivity index (χ4n) is 3.82. The normalized spacial score (nSPS) is 15.0. The van der Waals surface area contributed by atoms with Crippen molar-refractivity contribution in [2.24, 2.45) is 5.92 Å². The van der Waals surface area contributed by atoms with Gasteiger partial charge in [0.15, 0.2) is 0 Å². The molecule has 2 aromatic rings. The molecule has 1 aliphatic heterocycles. The quantitative estimate of drug-likeness (QED) is 0.744. The lowest BCUT2D eigenvalue weighted by Gasteiger charge is -2.31. The Labute approximate surface area is 174 Å². The van der Waals surface area contributed by atoms with E-state index in [1.54, 1.807) is 0 Å². The van der Waals surface area contributed by atoms with E-state index in [0.29, 0.717) is 0 Å². The van der Waals surface area contributed by atoms with E-state index in [9.17, 15) is 4.79 Å². The molecule has 0 bridgehead atoms. The number of hydrogen-bond donors (Lipinski definition) is 1. The van der Waals surface area contributed by atoms with Gasteiger partial charge in [-0.2, -0.15) is 0 Å². The second-order valence-corrected chi connectivity index (χ2v) is 7.72. The number of aromatic nitrogens is 2. The van der Waals surface area contributed by atoms with Gasteiger partial charge in [-0.1, -0.05) is 43.7 Å². The van der Waals surface area contributed by atoms with E-state index in [1.807, 2.05) is 12.4 Å². The van der Waals surface area contributed by atoms with Crippen molar-refractivity contribution in [1.82, 2.24) is 20.2 Å². The summed E-state index contributed by atoms with van der Waals surface area (Å²) in [5.41, 5.74) is 3.39. The van der Waals surface area contributed by atoms with Crippen LogP contribution < -0.4 is 10.2 Å². The molecular formula is C23H33N5O. The summed E-state index contributed by atoms with van der Waals surface area (Å²) < 4.78 is 0. The third kappa shape index (κ3) is 5.76. The van der Waals surface area contributed by atoms with Gasteiger partial charge in [0.05, 0.1) is 0 Å². The Hall–Kier alpha value is -2.47. The van der Waals surface area contributed by atoms with E-state index in [1.165, 1.54) is 5.56 Å². The van der Waals surface area contributed by atoms with Crippen molar-refractivity contribution in [3.8, 4) is 11.1 Å². The number of hydrogen-bond acceptors (Lipinski definition) is 5. The lowest BCUT2D eigenvalue weighted by atomic mass is 9.96. The van der Waals surface area contributed by atoms with Crippen LogP contribution in [0.1, 0.15) is 32.3 Å². The number of nitrogens with zero attached hydrogens (tertiary/aromatic N) is 4. The summed E-state index contributed by atoms with van der Waals surface area (Å²) in [6.07, 6.45) is 5.48. The molecule has 156 valence electrons. The van der Waals surface area contributed by atoms with Crippen LogP contribution in [0, 0.1) is 12.8 Å². The summed E-state index contributed by atoms with van der Waals surface area (Å²) in [5, 5.41) is 3.11. The smallest absolute Gasteiger partial charge is 0.225 e. The molecule has 6 heteroatoms. The van der Waals surface area contributed by atoms with E-state index < -0.39 is 0 Å². The minimum absolute atomic E-state index is 0.0921. The Morgan fingerprint density at radius 3 is 2.45 bits per heavy atom. The maximum absolute atomic E-state index is 12.4. The highest BCUT2D eigenvalue weighted by Crippen LogP contribution is 2.23. The van der Waals surface area contributed by atoms with Gasteiger partial charge in [0.1, 0.15) is 0 Å². The second kappa shape index (κ2) is 10.3. The molecular weight excluding hydrogens is 362 g/mol. The van der Waals surface area contributed by atoms with E-state index in [0.717, 1.165) is 69.2 Å². The van der Waals surface area contributed by atoms with E-state index in [2.05, 4.69) is 70.1 Å². The lowest BCUT2D eigenvalue weighted by molar-refractivity contribution is -0.125. The summed E-state index contributed by atoms with van der Waals surface area (Å²) >= 11 is 0. The average Bonchev–Trinajstić information content (AvgIpc) is 2.77. The van der Waals surface area contributed by atoms with Crippen molar-refractivity contribution in [2.45, 2.75) is 33.6 Å². The molecule has 3 rings (SSSR count). The molecule has 0 radical (unpaired) electrons. The second-order valence-electron chi connectivity index (χ2n) is 7.72. The molecule has 1 saturated heterocycles. The molecule has 0 aliphatic carbocycles. The summed E-state index contributed by atoms with van der Waals surface area (Å²) in [4.78, 5) is 26.1. The van der Waals surface area contributed by atoms with Crippen LogP contribution in [0.2, 0.25) is 0 Å². The number of piperidine rings is 1. The zero-order valence-corrected chi connectivity index (χ0v) is 17.9. The number of amides is 1. The summed E-state index contributed by atoms with van der Waals surface area (Å²) in [6, 6.07) is 8.36. The third-order valence-electron chi connectivity index (χ3n) is 5.76. The number of carbonyl (C=O) groups excluding carboxylic acids is 1. The van der Waals surface area contributed by atoms with Crippen LogP contribution in [0.4, 0.5) is 5.95 Å². The maximum Gasteiger partial charge on any atom is 0.225 e. The minimum atomic E-state index is 0.0921. The summed E-state index contributed by atoms with van der Waals surface area (Å²) in [6.45, 7) is 11.7. The fourth-order valence-corrected chi connectivity index (χ4v) is 3.82. The Bertz CT molecular complexity index is 780. The number of rotatable bonds is 8. The molecule has 1 aliphatic rings. The molecule has 1 aromatic carbocycles. The minimum Gasteiger partial charge on any atom is -0.355 e.